The number of aliphatic hydroxyl groups is 1. The van der Waals surface area contributed by atoms with Gasteiger partial charge in [0.1, 0.15) is 6.29 Å². The van der Waals surface area contributed by atoms with Crippen molar-refractivity contribution in [2.24, 2.45) is 5.73 Å². The van der Waals surface area contributed by atoms with Gasteiger partial charge >= 0.3 is 0 Å². The third-order valence-electron chi connectivity index (χ3n) is 2.33. The van der Waals surface area contributed by atoms with E-state index in [1.165, 1.54) is 0 Å². The first-order valence-corrected chi connectivity index (χ1v) is 4.96. The standard InChI is InChI=1S/C8H21N5O/c1-6(3-14)10-4-13-5-11-7(2)12-8(13)9/h6-8,10-12,14H,3-5,9H2,1-2H3/t6?,7-,8-/m0/s1. The first-order valence-electron chi connectivity index (χ1n) is 4.96. The minimum atomic E-state index is -0.135. The van der Waals surface area contributed by atoms with Gasteiger partial charge in [0.05, 0.1) is 26.1 Å². The van der Waals surface area contributed by atoms with Gasteiger partial charge in [0.2, 0.25) is 0 Å². The first-order chi connectivity index (χ1) is 6.63. The van der Waals surface area contributed by atoms with E-state index in [0.29, 0.717) is 6.67 Å². The third-order valence-corrected chi connectivity index (χ3v) is 2.33. The second kappa shape index (κ2) is 5.59. The maximum absolute atomic E-state index is 8.83. The summed E-state index contributed by atoms with van der Waals surface area (Å²) in [6.07, 6.45) is 0.112. The highest BCUT2D eigenvalue weighted by Gasteiger charge is 2.21. The van der Waals surface area contributed by atoms with Crippen molar-refractivity contribution in [3.8, 4) is 0 Å². The summed E-state index contributed by atoms with van der Waals surface area (Å²) in [6.45, 7) is 5.51. The minimum Gasteiger partial charge on any atom is -0.395 e. The molecule has 6 nitrogen and oxygen atoms in total. The molecule has 1 rings (SSSR count). The summed E-state index contributed by atoms with van der Waals surface area (Å²) < 4.78 is 0. The molecule has 0 aliphatic carbocycles. The number of nitrogens with zero attached hydrogens (tertiary/aromatic N) is 1. The normalized spacial score (nSPS) is 31.7. The van der Waals surface area contributed by atoms with Crippen molar-refractivity contribution in [2.45, 2.75) is 32.3 Å². The van der Waals surface area contributed by atoms with E-state index in [9.17, 15) is 0 Å². The van der Waals surface area contributed by atoms with Crippen molar-refractivity contribution >= 4 is 0 Å². The molecule has 6 heteroatoms. The number of hydrogen-bond donors (Lipinski definition) is 5. The van der Waals surface area contributed by atoms with Crippen LogP contribution < -0.4 is 21.7 Å². The summed E-state index contributed by atoms with van der Waals surface area (Å²) in [5, 5.41) is 18.4. The lowest BCUT2D eigenvalue weighted by molar-refractivity contribution is 0.0742. The van der Waals surface area contributed by atoms with E-state index < -0.39 is 0 Å². The van der Waals surface area contributed by atoms with E-state index >= 15 is 0 Å². The predicted molar refractivity (Wildman–Crippen MR) is 55.0 cm³/mol. The zero-order chi connectivity index (χ0) is 10.6. The van der Waals surface area contributed by atoms with E-state index in [4.69, 9.17) is 10.8 Å². The number of nitrogens with two attached hydrogens (primary N) is 1. The van der Waals surface area contributed by atoms with Crippen molar-refractivity contribution in [3.63, 3.8) is 0 Å². The SMILES string of the molecule is CC(CO)NCN1CN[C@H](C)N[C@@H]1N. The summed E-state index contributed by atoms with van der Waals surface area (Å²) in [5.74, 6) is 0. The molecule has 3 atom stereocenters. The monoisotopic (exact) mass is 203 g/mol. The molecule has 0 aromatic carbocycles. The lowest BCUT2D eigenvalue weighted by atomic mass is 10.4. The van der Waals surface area contributed by atoms with Gasteiger partial charge in [-0.15, -0.1) is 0 Å². The van der Waals surface area contributed by atoms with Crippen LogP contribution in [0, 0.1) is 0 Å². The fraction of sp³-hybridized carbons (Fsp3) is 1.00. The second-order valence-corrected chi connectivity index (χ2v) is 3.73. The van der Waals surface area contributed by atoms with Gasteiger partial charge in [-0.05, 0) is 13.8 Å². The smallest absolute Gasteiger partial charge is 0.115 e. The highest BCUT2D eigenvalue weighted by molar-refractivity contribution is 4.73. The van der Waals surface area contributed by atoms with Crippen LogP contribution in [0.4, 0.5) is 0 Å². The lowest BCUT2D eigenvalue weighted by Crippen LogP contribution is -2.67. The largest absolute Gasteiger partial charge is 0.395 e. The molecule has 0 aromatic heterocycles. The summed E-state index contributed by atoms with van der Waals surface area (Å²) in [4.78, 5) is 2.02. The predicted octanol–water partition coefficient (Wildman–Crippen LogP) is -2.05. The summed E-state index contributed by atoms with van der Waals surface area (Å²) in [5.41, 5.74) is 5.87. The Labute approximate surface area is 84.8 Å². The Balaban J connectivity index is 2.24. The molecule has 1 saturated heterocycles. The molecule has 84 valence electrons. The van der Waals surface area contributed by atoms with Gasteiger partial charge in [-0.3, -0.25) is 20.9 Å². The van der Waals surface area contributed by atoms with Gasteiger partial charge < -0.3 is 10.8 Å². The molecule has 0 radical (unpaired) electrons. The lowest BCUT2D eigenvalue weighted by Gasteiger charge is -2.38. The van der Waals surface area contributed by atoms with Gasteiger partial charge in [-0.2, -0.15) is 0 Å². The van der Waals surface area contributed by atoms with Crippen molar-refractivity contribution in [2.75, 3.05) is 19.9 Å². The van der Waals surface area contributed by atoms with Crippen LogP contribution in [0.25, 0.3) is 0 Å². The van der Waals surface area contributed by atoms with E-state index in [1.807, 2.05) is 18.7 Å². The van der Waals surface area contributed by atoms with E-state index in [0.717, 1.165) is 6.67 Å². The first kappa shape index (κ1) is 11.8. The van der Waals surface area contributed by atoms with Crippen LogP contribution in [0.2, 0.25) is 0 Å². The average molecular weight is 203 g/mol. The topological polar surface area (TPSA) is 85.6 Å². The third kappa shape index (κ3) is 3.49. The molecule has 1 heterocycles. The molecule has 6 N–H and O–H groups in total. The summed E-state index contributed by atoms with van der Waals surface area (Å²) in [7, 11) is 0. The Morgan fingerprint density at radius 1 is 1.71 bits per heavy atom. The van der Waals surface area contributed by atoms with Gasteiger partial charge in [-0.25, -0.2) is 0 Å². The van der Waals surface area contributed by atoms with Crippen molar-refractivity contribution in [3.05, 3.63) is 0 Å². The average Bonchev–Trinajstić information content (AvgIpc) is 2.16. The van der Waals surface area contributed by atoms with Crippen LogP contribution in [-0.4, -0.2) is 48.4 Å². The summed E-state index contributed by atoms with van der Waals surface area (Å²) >= 11 is 0. The Morgan fingerprint density at radius 2 is 2.43 bits per heavy atom. The molecule has 0 amide bonds. The Bertz CT molecular complexity index is 168. The molecule has 0 bridgehead atoms. The van der Waals surface area contributed by atoms with Crippen LogP contribution in [0.1, 0.15) is 13.8 Å². The van der Waals surface area contributed by atoms with Gasteiger partial charge in [0.25, 0.3) is 0 Å². The van der Waals surface area contributed by atoms with Gasteiger partial charge in [0.15, 0.2) is 0 Å². The van der Waals surface area contributed by atoms with Crippen molar-refractivity contribution in [1.29, 1.82) is 0 Å². The highest BCUT2D eigenvalue weighted by Crippen LogP contribution is 1.95. The fourth-order valence-electron chi connectivity index (χ4n) is 1.26. The second-order valence-electron chi connectivity index (χ2n) is 3.73. The fourth-order valence-corrected chi connectivity index (χ4v) is 1.26. The van der Waals surface area contributed by atoms with E-state index in [2.05, 4.69) is 16.0 Å². The Morgan fingerprint density at radius 3 is 3.00 bits per heavy atom. The Hall–Kier alpha value is -0.240. The number of hydrogen-bond acceptors (Lipinski definition) is 6. The van der Waals surface area contributed by atoms with Gasteiger partial charge in [-0.1, -0.05) is 0 Å². The van der Waals surface area contributed by atoms with Crippen LogP contribution in [0.5, 0.6) is 0 Å². The quantitative estimate of drug-likeness (QED) is 0.362. The van der Waals surface area contributed by atoms with Crippen LogP contribution in [0.15, 0.2) is 0 Å². The molecule has 14 heavy (non-hydrogen) atoms. The molecule has 1 aliphatic rings. The molecular weight excluding hydrogens is 182 g/mol. The summed E-state index contributed by atoms with van der Waals surface area (Å²) in [6, 6.07) is 0.0987. The molecule has 0 spiro atoms. The molecular formula is C8H21N5O. The number of nitrogens with one attached hydrogen (secondary N) is 3. The highest BCUT2D eigenvalue weighted by atomic mass is 16.3. The van der Waals surface area contributed by atoms with Gasteiger partial charge in [0, 0.05) is 6.04 Å². The van der Waals surface area contributed by atoms with Crippen LogP contribution in [0.3, 0.4) is 0 Å². The molecule has 1 aliphatic heterocycles. The maximum Gasteiger partial charge on any atom is 0.115 e. The number of rotatable bonds is 4. The molecule has 0 aromatic rings. The Kier molecular flexibility index (Phi) is 4.73. The zero-order valence-electron chi connectivity index (χ0n) is 8.83. The van der Waals surface area contributed by atoms with Crippen molar-refractivity contribution < 1.29 is 5.11 Å². The minimum absolute atomic E-state index is 0.0987. The zero-order valence-corrected chi connectivity index (χ0v) is 8.83. The maximum atomic E-state index is 8.83. The van der Waals surface area contributed by atoms with E-state index in [1.54, 1.807) is 0 Å². The van der Waals surface area contributed by atoms with Crippen LogP contribution in [-0.2, 0) is 0 Å². The molecule has 1 unspecified atom stereocenters. The van der Waals surface area contributed by atoms with E-state index in [-0.39, 0.29) is 25.1 Å². The number of aliphatic hydroxyl groups excluding tert-OH is 1. The molecule has 0 saturated carbocycles. The van der Waals surface area contributed by atoms with Crippen molar-refractivity contribution in [1.82, 2.24) is 20.9 Å². The molecule has 1 fully saturated rings. The van der Waals surface area contributed by atoms with Crippen LogP contribution >= 0.6 is 0 Å².